The Hall–Kier alpha value is -1.95. The fourth-order valence-corrected chi connectivity index (χ4v) is 2.29. The van der Waals surface area contributed by atoms with Crippen molar-refractivity contribution in [3.63, 3.8) is 0 Å². The fourth-order valence-electron chi connectivity index (χ4n) is 1.69. The first-order valence-electron chi connectivity index (χ1n) is 5.65. The number of benzene rings is 1. The summed E-state index contributed by atoms with van der Waals surface area (Å²) in [5.41, 5.74) is 2.51. The third kappa shape index (κ3) is 3.29. The summed E-state index contributed by atoms with van der Waals surface area (Å²) in [6.45, 7) is 2.30. The molecular weight excluding hydrogens is 310 g/mol. The van der Waals surface area contributed by atoms with Gasteiger partial charge in [-0.2, -0.15) is 0 Å². The van der Waals surface area contributed by atoms with Gasteiger partial charge in [0.2, 0.25) is 0 Å². The molecule has 1 N–H and O–H groups in total. The van der Waals surface area contributed by atoms with Crippen molar-refractivity contribution >= 4 is 27.3 Å². The Balaban J connectivity index is 2.21. The number of nitro groups is 1. The Morgan fingerprint density at radius 3 is 2.68 bits per heavy atom. The van der Waals surface area contributed by atoms with Gasteiger partial charge in [0.15, 0.2) is 0 Å². The van der Waals surface area contributed by atoms with Crippen LogP contribution in [-0.2, 0) is 6.54 Å². The Kier molecular flexibility index (Phi) is 4.11. The predicted octanol–water partition coefficient (Wildman–Crippen LogP) is 3.67. The highest BCUT2D eigenvalue weighted by molar-refractivity contribution is 9.10. The number of hydrogen-bond acceptors (Lipinski definition) is 4. The van der Waals surface area contributed by atoms with Crippen molar-refractivity contribution in [2.45, 2.75) is 13.5 Å². The smallest absolute Gasteiger partial charge is 0.274 e. The molecule has 0 amide bonds. The largest absolute Gasteiger partial charge is 0.380 e. The molecule has 0 aliphatic carbocycles. The molecule has 1 aromatic heterocycles. The number of aromatic nitrogens is 1. The van der Waals surface area contributed by atoms with Gasteiger partial charge in [0, 0.05) is 35.0 Å². The van der Waals surface area contributed by atoms with Crippen molar-refractivity contribution in [1.29, 1.82) is 0 Å². The monoisotopic (exact) mass is 321 g/mol. The molecule has 0 saturated heterocycles. The zero-order chi connectivity index (χ0) is 13.8. The molecule has 2 rings (SSSR count). The van der Waals surface area contributed by atoms with Crippen LogP contribution in [0.2, 0.25) is 0 Å². The Bertz CT molecular complexity index is 602. The minimum Gasteiger partial charge on any atom is -0.380 e. The molecule has 0 fully saturated rings. The Morgan fingerprint density at radius 2 is 2.05 bits per heavy atom. The molecule has 0 aliphatic heterocycles. The van der Waals surface area contributed by atoms with E-state index in [0.717, 1.165) is 10.0 Å². The molecule has 0 atom stereocenters. The molecule has 19 heavy (non-hydrogen) atoms. The highest BCUT2D eigenvalue weighted by Gasteiger charge is 2.14. The van der Waals surface area contributed by atoms with Crippen molar-refractivity contribution in [3.05, 3.63) is 62.4 Å². The number of halogens is 1. The normalized spacial score (nSPS) is 10.2. The molecule has 5 nitrogen and oxygen atoms in total. The van der Waals surface area contributed by atoms with Gasteiger partial charge in [0.1, 0.15) is 0 Å². The van der Waals surface area contributed by atoms with Crippen LogP contribution in [0.15, 0.2) is 41.1 Å². The van der Waals surface area contributed by atoms with Crippen molar-refractivity contribution in [2.75, 3.05) is 5.32 Å². The highest BCUT2D eigenvalue weighted by atomic mass is 79.9. The molecular formula is C13H12BrN3O2. The van der Waals surface area contributed by atoms with Crippen LogP contribution in [0.3, 0.4) is 0 Å². The Morgan fingerprint density at radius 1 is 1.37 bits per heavy atom. The average Bonchev–Trinajstić information content (AvgIpc) is 2.38. The van der Waals surface area contributed by atoms with E-state index in [2.05, 4.69) is 26.2 Å². The zero-order valence-corrected chi connectivity index (χ0v) is 11.8. The Labute approximate surface area is 119 Å². The maximum Gasteiger partial charge on any atom is 0.274 e. The van der Waals surface area contributed by atoms with Crippen LogP contribution in [0.1, 0.15) is 11.1 Å². The van der Waals surface area contributed by atoms with Crippen molar-refractivity contribution in [3.8, 4) is 0 Å². The second kappa shape index (κ2) is 5.79. The SMILES string of the molecule is Cc1cc(Br)c(NCc2ccncc2)cc1[N+](=O)[O-]. The van der Waals surface area contributed by atoms with E-state index in [-0.39, 0.29) is 10.6 Å². The number of nitrogens with zero attached hydrogens (tertiary/aromatic N) is 2. The third-order valence-electron chi connectivity index (χ3n) is 2.71. The highest BCUT2D eigenvalue weighted by Crippen LogP contribution is 2.30. The summed E-state index contributed by atoms with van der Waals surface area (Å²) < 4.78 is 0.810. The molecule has 0 unspecified atom stereocenters. The summed E-state index contributed by atoms with van der Waals surface area (Å²) in [5.74, 6) is 0. The van der Waals surface area contributed by atoms with E-state index < -0.39 is 0 Å². The standard InChI is InChI=1S/C13H12BrN3O2/c1-9-6-11(14)12(7-13(9)17(18)19)16-8-10-2-4-15-5-3-10/h2-7,16H,8H2,1H3. The first-order chi connectivity index (χ1) is 9.08. The molecule has 6 heteroatoms. The van der Waals surface area contributed by atoms with Gasteiger partial charge < -0.3 is 5.32 Å². The second-order valence-corrected chi connectivity index (χ2v) is 4.94. The van der Waals surface area contributed by atoms with E-state index in [1.54, 1.807) is 31.5 Å². The van der Waals surface area contributed by atoms with Crippen LogP contribution >= 0.6 is 15.9 Å². The second-order valence-electron chi connectivity index (χ2n) is 4.08. The van der Waals surface area contributed by atoms with Crippen LogP contribution in [0.25, 0.3) is 0 Å². The summed E-state index contributed by atoms with van der Waals surface area (Å²) in [4.78, 5) is 14.5. The van der Waals surface area contributed by atoms with Gasteiger partial charge in [0.25, 0.3) is 5.69 Å². The number of nitro benzene ring substituents is 1. The van der Waals surface area contributed by atoms with Gasteiger partial charge in [-0.1, -0.05) is 0 Å². The van der Waals surface area contributed by atoms with Crippen molar-refractivity contribution < 1.29 is 4.92 Å². The lowest BCUT2D eigenvalue weighted by Crippen LogP contribution is -2.02. The van der Waals surface area contributed by atoms with Crippen LogP contribution in [-0.4, -0.2) is 9.91 Å². The number of anilines is 1. The average molecular weight is 322 g/mol. The molecule has 0 saturated carbocycles. The molecule has 1 aromatic carbocycles. The fraction of sp³-hybridized carbons (Fsp3) is 0.154. The minimum atomic E-state index is -0.376. The predicted molar refractivity (Wildman–Crippen MR) is 77.1 cm³/mol. The molecule has 98 valence electrons. The van der Waals surface area contributed by atoms with Crippen molar-refractivity contribution in [2.24, 2.45) is 0 Å². The van der Waals surface area contributed by atoms with Gasteiger partial charge in [0.05, 0.1) is 10.6 Å². The summed E-state index contributed by atoms with van der Waals surface area (Å²) >= 11 is 3.41. The van der Waals surface area contributed by atoms with Gasteiger partial charge in [-0.25, -0.2) is 0 Å². The lowest BCUT2D eigenvalue weighted by atomic mass is 10.2. The van der Waals surface area contributed by atoms with Gasteiger partial charge in [-0.05, 0) is 46.6 Å². The topological polar surface area (TPSA) is 68.1 Å². The lowest BCUT2D eigenvalue weighted by Gasteiger charge is -2.09. The first-order valence-corrected chi connectivity index (χ1v) is 6.44. The van der Waals surface area contributed by atoms with E-state index >= 15 is 0 Å². The molecule has 0 aliphatic rings. The third-order valence-corrected chi connectivity index (χ3v) is 3.37. The maximum absolute atomic E-state index is 10.9. The summed E-state index contributed by atoms with van der Waals surface area (Å²) in [5, 5.41) is 14.1. The molecule has 0 spiro atoms. The van der Waals surface area contributed by atoms with Gasteiger partial charge >= 0.3 is 0 Å². The molecule has 0 radical (unpaired) electrons. The van der Waals surface area contributed by atoms with E-state index in [1.807, 2.05) is 12.1 Å². The number of aryl methyl sites for hydroxylation is 1. The molecule has 0 bridgehead atoms. The van der Waals surface area contributed by atoms with Gasteiger partial charge in [-0.15, -0.1) is 0 Å². The summed E-state index contributed by atoms with van der Waals surface area (Å²) in [6, 6.07) is 7.07. The molecule has 2 aromatic rings. The van der Waals surface area contributed by atoms with E-state index in [9.17, 15) is 10.1 Å². The lowest BCUT2D eigenvalue weighted by molar-refractivity contribution is -0.385. The van der Waals surface area contributed by atoms with Crippen molar-refractivity contribution in [1.82, 2.24) is 4.98 Å². The van der Waals surface area contributed by atoms with Crippen LogP contribution in [0.5, 0.6) is 0 Å². The number of rotatable bonds is 4. The quantitative estimate of drug-likeness (QED) is 0.689. The van der Waals surface area contributed by atoms with Gasteiger partial charge in [-0.3, -0.25) is 15.1 Å². The zero-order valence-electron chi connectivity index (χ0n) is 10.3. The van der Waals surface area contributed by atoms with E-state index in [4.69, 9.17) is 0 Å². The number of pyridine rings is 1. The van der Waals surface area contributed by atoms with Crippen LogP contribution in [0.4, 0.5) is 11.4 Å². The minimum absolute atomic E-state index is 0.112. The summed E-state index contributed by atoms with van der Waals surface area (Å²) in [6.07, 6.45) is 3.42. The summed E-state index contributed by atoms with van der Waals surface area (Å²) in [7, 11) is 0. The maximum atomic E-state index is 10.9. The first kappa shape index (κ1) is 13.5. The van der Waals surface area contributed by atoms with Crippen LogP contribution in [0, 0.1) is 17.0 Å². The van der Waals surface area contributed by atoms with E-state index in [0.29, 0.717) is 17.8 Å². The van der Waals surface area contributed by atoms with Crippen LogP contribution < -0.4 is 5.32 Å². The number of hydrogen-bond donors (Lipinski definition) is 1. The van der Waals surface area contributed by atoms with E-state index in [1.165, 1.54) is 0 Å². The number of nitrogens with one attached hydrogen (secondary N) is 1. The molecule has 1 heterocycles.